The topological polar surface area (TPSA) is 60.9 Å². The molecule has 92 valence electrons. The van der Waals surface area contributed by atoms with Gasteiger partial charge in [-0.3, -0.25) is 4.79 Å². The minimum absolute atomic E-state index is 0.294. The number of amides is 2. The Balaban J connectivity index is 2.55. The van der Waals surface area contributed by atoms with Gasteiger partial charge in [0.05, 0.1) is 0 Å². The molecule has 17 heavy (non-hydrogen) atoms. The lowest BCUT2D eigenvalue weighted by Gasteiger charge is -2.23. The van der Waals surface area contributed by atoms with Gasteiger partial charge in [0.2, 0.25) is 0 Å². The molecule has 1 rings (SSSR count). The molecule has 0 saturated carbocycles. The number of nitrogens with zero attached hydrogens (tertiary/aromatic N) is 2. The summed E-state index contributed by atoms with van der Waals surface area (Å²) in [6.07, 6.45) is 0. The maximum atomic E-state index is 11.8. The van der Waals surface area contributed by atoms with E-state index in [0.29, 0.717) is 6.54 Å². The van der Waals surface area contributed by atoms with Gasteiger partial charge in [-0.1, -0.05) is 30.3 Å². The maximum absolute atomic E-state index is 11.8. The normalized spacial score (nSPS) is 9.76. The molecule has 0 bridgehead atoms. The van der Waals surface area contributed by atoms with E-state index >= 15 is 0 Å². The molecule has 0 fully saturated rings. The third kappa shape index (κ3) is 4.14. The van der Waals surface area contributed by atoms with Crippen LogP contribution in [-0.4, -0.2) is 47.5 Å². The van der Waals surface area contributed by atoms with Gasteiger partial charge in [-0.2, -0.15) is 0 Å². The van der Waals surface area contributed by atoms with E-state index in [2.05, 4.69) is 0 Å². The van der Waals surface area contributed by atoms with E-state index in [-0.39, 0.29) is 12.6 Å². The minimum Gasteiger partial charge on any atom is -0.480 e. The van der Waals surface area contributed by atoms with Crippen LogP contribution in [0, 0.1) is 0 Å². The van der Waals surface area contributed by atoms with Gasteiger partial charge in [0.15, 0.2) is 0 Å². The average molecular weight is 236 g/mol. The maximum Gasteiger partial charge on any atom is 0.323 e. The molecule has 1 aromatic rings. The van der Waals surface area contributed by atoms with Gasteiger partial charge in [0.1, 0.15) is 6.54 Å². The number of urea groups is 1. The molecule has 0 aromatic heterocycles. The van der Waals surface area contributed by atoms with Gasteiger partial charge in [0, 0.05) is 20.6 Å². The van der Waals surface area contributed by atoms with Crippen LogP contribution in [0.3, 0.4) is 0 Å². The molecule has 5 nitrogen and oxygen atoms in total. The number of carboxylic acids is 1. The fourth-order valence-electron chi connectivity index (χ4n) is 1.49. The van der Waals surface area contributed by atoms with E-state index in [0.717, 1.165) is 5.56 Å². The van der Waals surface area contributed by atoms with Gasteiger partial charge in [-0.05, 0) is 5.56 Å². The number of carboxylic acid groups (broad SMARTS) is 1. The molecule has 0 atom stereocenters. The van der Waals surface area contributed by atoms with Crippen LogP contribution in [0.2, 0.25) is 0 Å². The molecular formula is C12H16N2O3. The van der Waals surface area contributed by atoms with Crippen LogP contribution in [0.4, 0.5) is 4.79 Å². The van der Waals surface area contributed by atoms with E-state index < -0.39 is 5.97 Å². The van der Waals surface area contributed by atoms with Gasteiger partial charge in [0.25, 0.3) is 0 Å². The van der Waals surface area contributed by atoms with Gasteiger partial charge >= 0.3 is 12.0 Å². The van der Waals surface area contributed by atoms with E-state index in [1.807, 2.05) is 30.3 Å². The van der Waals surface area contributed by atoms with Crippen LogP contribution >= 0.6 is 0 Å². The summed E-state index contributed by atoms with van der Waals surface area (Å²) in [5, 5.41) is 8.59. The largest absolute Gasteiger partial charge is 0.480 e. The zero-order valence-electron chi connectivity index (χ0n) is 9.96. The SMILES string of the molecule is CN(CC(=O)O)C(=O)N(C)Cc1ccccc1. The fourth-order valence-corrected chi connectivity index (χ4v) is 1.49. The van der Waals surface area contributed by atoms with Crippen molar-refractivity contribution in [3.8, 4) is 0 Å². The van der Waals surface area contributed by atoms with Crippen molar-refractivity contribution in [1.29, 1.82) is 0 Å². The number of hydrogen-bond acceptors (Lipinski definition) is 2. The molecule has 0 spiro atoms. The van der Waals surface area contributed by atoms with Crippen LogP contribution in [0.1, 0.15) is 5.56 Å². The molecule has 1 N–H and O–H groups in total. The highest BCUT2D eigenvalue weighted by Crippen LogP contribution is 2.04. The van der Waals surface area contributed by atoms with Crippen molar-refractivity contribution in [3.05, 3.63) is 35.9 Å². The number of carbonyl (C=O) groups excluding carboxylic acids is 1. The third-order valence-electron chi connectivity index (χ3n) is 2.29. The smallest absolute Gasteiger partial charge is 0.323 e. The standard InChI is InChI=1S/C12H16N2O3/c1-13(8-10-6-4-3-5-7-10)12(17)14(2)9-11(15)16/h3-7H,8-9H2,1-2H3,(H,15,16). The first-order valence-corrected chi connectivity index (χ1v) is 5.22. The zero-order valence-corrected chi connectivity index (χ0v) is 9.96. The third-order valence-corrected chi connectivity index (χ3v) is 2.29. The predicted molar refractivity (Wildman–Crippen MR) is 63.6 cm³/mol. The first kappa shape index (κ1) is 13.0. The van der Waals surface area contributed by atoms with E-state index in [1.165, 1.54) is 16.8 Å². The molecule has 0 unspecified atom stereocenters. The molecule has 1 aromatic carbocycles. The van der Waals surface area contributed by atoms with Crippen molar-refractivity contribution in [3.63, 3.8) is 0 Å². The average Bonchev–Trinajstić information content (AvgIpc) is 2.28. The minimum atomic E-state index is -1.02. The summed E-state index contributed by atoms with van der Waals surface area (Å²) in [6, 6.07) is 9.23. The number of benzene rings is 1. The molecule has 0 saturated heterocycles. The van der Waals surface area contributed by atoms with Crippen molar-refractivity contribution in [1.82, 2.24) is 9.80 Å². The highest BCUT2D eigenvalue weighted by atomic mass is 16.4. The lowest BCUT2D eigenvalue weighted by molar-refractivity contribution is -0.137. The fraction of sp³-hybridized carbons (Fsp3) is 0.333. The van der Waals surface area contributed by atoms with Crippen molar-refractivity contribution in [2.75, 3.05) is 20.6 Å². The van der Waals surface area contributed by atoms with Crippen molar-refractivity contribution in [2.45, 2.75) is 6.54 Å². The second-order valence-electron chi connectivity index (χ2n) is 3.87. The number of aliphatic carboxylic acids is 1. The number of rotatable bonds is 4. The highest BCUT2D eigenvalue weighted by Gasteiger charge is 2.16. The van der Waals surface area contributed by atoms with Gasteiger partial charge < -0.3 is 14.9 Å². The Hall–Kier alpha value is -2.04. The Morgan fingerprint density at radius 3 is 2.24 bits per heavy atom. The summed E-state index contributed by atoms with van der Waals surface area (Å²) in [5.41, 5.74) is 1.01. The zero-order chi connectivity index (χ0) is 12.8. The summed E-state index contributed by atoms with van der Waals surface area (Å²) in [5.74, 6) is -1.02. The summed E-state index contributed by atoms with van der Waals surface area (Å²) in [6.45, 7) is 0.168. The summed E-state index contributed by atoms with van der Waals surface area (Å²) in [7, 11) is 3.12. The van der Waals surface area contributed by atoms with Gasteiger partial charge in [-0.15, -0.1) is 0 Å². The Kier molecular flexibility index (Phi) is 4.51. The van der Waals surface area contributed by atoms with E-state index in [4.69, 9.17) is 5.11 Å². The Bertz CT molecular complexity index is 392. The predicted octanol–water partition coefficient (Wildman–Crippen LogP) is 1.25. The Morgan fingerprint density at radius 1 is 1.12 bits per heavy atom. The summed E-state index contributed by atoms with van der Waals surface area (Å²) < 4.78 is 0. The lowest BCUT2D eigenvalue weighted by Crippen LogP contribution is -2.40. The van der Waals surface area contributed by atoms with Gasteiger partial charge in [-0.25, -0.2) is 4.79 Å². The molecule has 0 aliphatic carbocycles. The molecule has 0 radical (unpaired) electrons. The second-order valence-corrected chi connectivity index (χ2v) is 3.87. The molecular weight excluding hydrogens is 220 g/mol. The van der Waals surface area contributed by atoms with E-state index in [1.54, 1.807) is 7.05 Å². The monoisotopic (exact) mass is 236 g/mol. The number of carbonyl (C=O) groups is 2. The second kappa shape index (κ2) is 5.89. The quantitative estimate of drug-likeness (QED) is 0.856. The Labute approximate surface area is 100 Å². The Morgan fingerprint density at radius 2 is 1.71 bits per heavy atom. The van der Waals surface area contributed by atoms with Crippen molar-refractivity contribution < 1.29 is 14.7 Å². The molecule has 0 aliphatic rings. The van der Waals surface area contributed by atoms with E-state index in [9.17, 15) is 9.59 Å². The number of hydrogen-bond donors (Lipinski definition) is 1. The van der Waals surface area contributed by atoms with Crippen LogP contribution in [0.15, 0.2) is 30.3 Å². The first-order chi connectivity index (χ1) is 8.00. The van der Waals surface area contributed by atoms with Crippen LogP contribution in [-0.2, 0) is 11.3 Å². The summed E-state index contributed by atoms with van der Waals surface area (Å²) >= 11 is 0. The van der Waals surface area contributed by atoms with Crippen molar-refractivity contribution in [2.24, 2.45) is 0 Å². The van der Waals surface area contributed by atoms with Crippen LogP contribution < -0.4 is 0 Å². The molecule has 0 aliphatic heterocycles. The highest BCUT2D eigenvalue weighted by molar-refractivity contribution is 5.79. The molecule has 5 heteroatoms. The molecule has 0 heterocycles. The lowest BCUT2D eigenvalue weighted by atomic mass is 10.2. The van der Waals surface area contributed by atoms with Crippen LogP contribution in [0.25, 0.3) is 0 Å². The number of likely N-dealkylation sites (N-methyl/N-ethyl adjacent to an activating group) is 1. The van der Waals surface area contributed by atoms with Crippen molar-refractivity contribution >= 4 is 12.0 Å². The van der Waals surface area contributed by atoms with Crippen LogP contribution in [0.5, 0.6) is 0 Å². The first-order valence-electron chi connectivity index (χ1n) is 5.22. The summed E-state index contributed by atoms with van der Waals surface area (Å²) in [4.78, 5) is 24.9. The molecule has 2 amide bonds.